The van der Waals surface area contributed by atoms with Crippen molar-refractivity contribution in [1.29, 1.82) is 0 Å². The standard InChI is InChI=1S/C24H21N3O4/c1-16-8-7-13-27-22(28)14-17(25-23(16)27)15-31-21-12-6-4-10-19(21)26-24(29)18-9-3-5-11-20(18)30-2/h3-14H,15H2,1-2H3,(H,26,29). The summed E-state index contributed by atoms with van der Waals surface area (Å²) < 4.78 is 12.7. The lowest BCUT2D eigenvalue weighted by Gasteiger charge is -2.14. The molecule has 0 aliphatic rings. The second-order valence-corrected chi connectivity index (χ2v) is 6.91. The third-order valence-electron chi connectivity index (χ3n) is 4.80. The molecule has 0 saturated carbocycles. The Kier molecular flexibility index (Phi) is 5.66. The normalized spacial score (nSPS) is 10.6. The number of nitrogens with one attached hydrogen (secondary N) is 1. The van der Waals surface area contributed by atoms with Crippen LogP contribution in [0.1, 0.15) is 21.6 Å². The predicted molar refractivity (Wildman–Crippen MR) is 118 cm³/mol. The van der Waals surface area contributed by atoms with Crippen LogP contribution in [-0.4, -0.2) is 22.4 Å². The number of amides is 1. The van der Waals surface area contributed by atoms with Gasteiger partial charge in [-0.05, 0) is 42.8 Å². The highest BCUT2D eigenvalue weighted by atomic mass is 16.5. The number of carbonyl (C=O) groups is 1. The van der Waals surface area contributed by atoms with Crippen molar-refractivity contribution in [2.45, 2.75) is 13.5 Å². The van der Waals surface area contributed by atoms with E-state index in [2.05, 4.69) is 10.3 Å². The lowest BCUT2D eigenvalue weighted by atomic mass is 10.2. The number of aryl methyl sites for hydroxylation is 1. The largest absolute Gasteiger partial charge is 0.496 e. The van der Waals surface area contributed by atoms with Gasteiger partial charge in [0.25, 0.3) is 11.5 Å². The van der Waals surface area contributed by atoms with Crippen molar-refractivity contribution in [2.75, 3.05) is 12.4 Å². The number of hydrogen-bond donors (Lipinski definition) is 1. The topological polar surface area (TPSA) is 81.9 Å². The Morgan fingerprint density at radius 2 is 1.77 bits per heavy atom. The first-order chi connectivity index (χ1) is 15.1. The van der Waals surface area contributed by atoms with Crippen molar-refractivity contribution in [2.24, 2.45) is 0 Å². The van der Waals surface area contributed by atoms with Crippen molar-refractivity contribution >= 4 is 17.2 Å². The molecule has 0 aliphatic heterocycles. The highest BCUT2D eigenvalue weighted by molar-refractivity contribution is 6.06. The minimum absolute atomic E-state index is 0.0849. The second-order valence-electron chi connectivity index (χ2n) is 6.91. The Hall–Kier alpha value is -4.13. The molecule has 4 rings (SSSR count). The molecule has 0 saturated heterocycles. The summed E-state index contributed by atoms with van der Waals surface area (Å²) in [5.41, 5.74) is 2.74. The quantitative estimate of drug-likeness (QED) is 0.517. The van der Waals surface area contributed by atoms with E-state index in [9.17, 15) is 9.59 Å². The van der Waals surface area contributed by atoms with Gasteiger partial charge in [-0.3, -0.25) is 14.0 Å². The van der Waals surface area contributed by atoms with Crippen LogP contribution in [0.4, 0.5) is 5.69 Å². The third-order valence-corrected chi connectivity index (χ3v) is 4.80. The first-order valence-electron chi connectivity index (χ1n) is 9.71. The molecular formula is C24H21N3O4. The van der Waals surface area contributed by atoms with Crippen LogP contribution in [0, 0.1) is 6.92 Å². The van der Waals surface area contributed by atoms with Gasteiger partial charge in [0.15, 0.2) is 0 Å². The lowest BCUT2D eigenvalue weighted by molar-refractivity contribution is 0.102. The lowest BCUT2D eigenvalue weighted by Crippen LogP contribution is -2.17. The maximum absolute atomic E-state index is 12.7. The molecule has 0 fully saturated rings. The van der Waals surface area contributed by atoms with Crippen molar-refractivity contribution < 1.29 is 14.3 Å². The monoisotopic (exact) mass is 415 g/mol. The minimum Gasteiger partial charge on any atom is -0.496 e. The molecule has 7 nitrogen and oxygen atoms in total. The van der Waals surface area contributed by atoms with Crippen LogP contribution >= 0.6 is 0 Å². The molecule has 0 radical (unpaired) electrons. The zero-order valence-corrected chi connectivity index (χ0v) is 17.2. The predicted octanol–water partition coefficient (Wildman–Crippen LogP) is 3.84. The van der Waals surface area contributed by atoms with E-state index in [-0.39, 0.29) is 18.1 Å². The summed E-state index contributed by atoms with van der Waals surface area (Å²) in [5.74, 6) is 0.637. The van der Waals surface area contributed by atoms with Crippen molar-refractivity contribution in [3.05, 3.63) is 100 Å². The average molecular weight is 415 g/mol. The molecule has 7 heteroatoms. The molecule has 2 heterocycles. The summed E-state index contributed by atoms with van der Waals surface area (Å²) in [6.45, 7) is 1.98. The van der Waals surface area contributed by atoms with Crippen LogP contribution in [0.15, 0.2) is 77.7 Å². The first-order valence-corrected chi connectivity index (χ1v) is 9.71. The van der Waals surface area contributed by atoms with Crippen molar-refractivity contribution in [3.63, 3.8) is 0 Å². The highest BCUT2D eigenvalue weighted by Crippen LogP contribution is 2.26. The summed E-state index contributed by atoms with van der Waals surface area (Å²) in [7, 11) is 1.52. The minimum atomic E-state index is -0.314. The van der Waals surface area contributed by atoms with Crippen LogP contribution in [0.2, 0.25) is 0 Å². The number of pyridine rings is 1. The van der Waals surface area contributed by atoms with Crippen molar-refractivity contribution in [3.8, 4) is 11.5 Å². The third kappa shape index (κ3) is 4.25. The summed E-state index contributed by atoms with van der Waals surface area (Å²) in [4.78, 5) is 29.7. The second kappa shape index (κ2) is 8.71. The molecule has 0 bridgehead atoms. The number of para-hydroxylation sites is 3. The van der Waals surface area contributed by atoms with Gasteiger partial charge in [0.1, 0.15) is 23.8 Å². The van der Waals surface area contributed by atoms with E-state index in [1.807, 2.05) is 19.1 Å². The van der Waals surface area contributed by atoms with Gasteiger partial charge in [0.05, 0.1) is 24.1 Å². The molecule has 1 N–H and O–H groups in total. The number of ether oxygens (including phenoxy) is 2. The Morgan fingerprint density at radius 1 is 1.03 bits per heavy atom. The summed E-state index contributed by atoms with van der Waals surface area (Å²) >= 11 is 0. The van der Waals surface area contributed by atoms with Crippen LogP contribution in [0.3, 0.4) is 0 Å². The maximum Gasteiger partial charge on any atom is 0.259 e. The van der Waals surface area contributed by atoms with Crippen LogP contribution in [0.5, 0.6) is 11.5 Å². The van der Waals surface area contributed by atoms with Gasteiger partial charge in [0.2, 0.25) is 0 Å². The molecule has 156 valence electrons. The van der Waals surface area contributed by atoms with Gasteiger partial charge in [-0.15, -0.1) is 0 Å². The van der Waals surface area contributed by atoms with Crippen LogP contribution < -0.4 is 20.3 Å². The maximum atomic E-state index is 12.7. The smallest absolute Gasteiger partial charge is 0.259 e. The fourth-order valence-electron chi connectivity index (χ4n) is 3.25. The van der Waals surface area contributed by atoms with E-state index < -0.39 is 0 Å². The van der Waals surface area contributed by atoms with Gasteiger partial charge in [-0.25, -0.2) is 4.98 Å². The number of carbonyl (C=O) groups excluding carboxylic acids is 1. The van der Waals surface area contributed by atoms with E-state index in [0.29, 0.717) is 34.1 Å². The molecule has 0 spiro atoms. The number of methoxy groups -OCH3 is 1. The van der Waals surface area contributed by atoms with E-state index >= 15 is 0 Å². The van der Waals surface area contributed by atoms with Gasteiger partial charge < -0.3 is 14.8 Å². The molecule has 0 aliphatic carbocycles. The molecule has 4 aromatic rings. The number of hydrogen-bond acceptors (Lipinski definition) is 5. The summed E-state index contributed by atoms with van der Waals surface area (Å²) in [5, 5.41) is 2.86. The first kappa shape index (κ1) is 20.2. The molecule has 0 atom stereocenters. The molecule has 2 aromatic heterocycles. The number of nitrogens with zero attached hydrogens (tertiary/aromatic N) is 2. The van der Waals surface area contributed by atoms with Gasteiger partial charge in [-0.1, -0.05) is 30.3 Å². The summed E-state index contributed by atoms with van der Waals surface area (Å²) in [6.07, 6.45) is 1.69. The van der Waals surface area contributed by atoms with Gasteiger partial charge in [-0.2, -0.15) is 0 Å². The summed E-state index contributed by atoms with van der Waals surface area (Å²) in [6, 6.07) is 19.2. The van der Waals surface area contributed by atoms with Crippen LogP contribution in [-0.2, 0) is 6.61 Å². The number of benzene rings is 2. The zero-order valence-electron chi connectivity index (χ0n) is 17.2. The molecular weight excluding hydrogens is 394 g/mol. The fourth-order valence-corrected chi connectivity index (χ4v) is 3.25. The van der Waals surface area contributed by atoms with Gasteiger partial charge >= 0.3 is 0 Å². The molecule has 31 heavy (non-hydrogen) atoms. The number of rotatable bonds is 6. The molecule has 1 amide bonds. The Balaban J connectivity index is 1.56. The Morgan fingerprint density at radius 3 is 2.58 bits per heavy atom. The van der Waals surface area contributed by atoms with Crippen LogP contribution in [0.25, 0.3) is 5.65 Å². The molecule has 2 aromatic carbocycles. The average Bonchev–Trinajstić information content (AvgIpc) is 2.79. The Labute approximate surface area is 178 Å². The van der Waals surface area contributed by atoms with Gasteiger partial charge in [0, 0.05) is 12.3 Å². The number of fused-ring (bicyclic) bond motifs is 1. The highest BCUT2D eigenvalue weighted by Gasteiger charge is 2.14. The number of anilines is 1. The Bertz CT molecular complexity index is 1310. The number of aromatic nitrogens is 2. The van der Waals surface area contributed by atoms with E-state index in [1.165, 1.54) is 17.6 Å². The zero-order chi connectivity index (χ0) is 21.8. The molecule has 0 unspecified atom stereocenters. The fraction of sp³-hybridized carbons (Fsp3) is 0.125. The van der Waals surface area contributed by atoms with Crippen molar-refractivity contribution in [1.82, 2.24) is 9.38 Å². The SMILES string of the molecule is COc1ccccc1C(=O)Nc1ccccc1OCc1cc(=O)n2cccc(C)c2n1. The van der Waals surface area contributed by atoms with E-state index in [1.54, 1.807) is 54.7 Å². The van der Waals surface area contributed by atoms with E-state index in [4.69, 9.17) is 9.47 Å². The van der Waals surface area contributed by atoms with E-state index in [0.717, 1.165) is 5.56 Å².